The van der Waals surface area contributed by atoms with E-state index in [9.17, 15) is 13.2 Å². The van der Waals surface area contributed by atoms with Crippen LogP contribution in [0.3, 0.4) is 0 Å². The third-order valence-electron chi connectivity index (χ3n) is 2.35. The van der Waals surface area contributed by atoms with Crippen LogP contribution in [0.2, 0.25) is 0 Å². The van der Waals surface area contributed by atoms with E-state index in [0.717, 1.165) is 0 Å². The van der Waals surface area contributed by atoms with Gasteiger partial charge in [-0.25, -0.2) is 4.98 Å². The Morgan fingerprint density at radius 2 is 1.86 bits per heavy atom. The van der Waals surface area contributed by atoms with Crippen molar-refractivity contribution in [2.24, 2.45) is 0 Å². The molecule has 0 fully saturated rings. The minimum atomic E-state index is -4.69. The number of aromatic nitrogens is 2. The Balaban J connectivity index is 2.05. The van der Waals surface area contributed by atoms with Crippen LogP contribution in [0, 0.1) is 0 Å². The molecule has 0 amide bonds. The van der Waals surface area contributed by atoms with E-state index < -0.39 is 6.36 Å². The third-order valence-corrected chi connectivity index (χ3v) is 3.04. The molecule has 21 heavy (non-hydrogen) atoms. The first-order valence-corrected chi connectivity index (χ1v) is 6.91. The first kappa shape index (κ1) is 15.7. The number of ether oxygens (including phenoxy) is 2. The van der Waals surface area contributed by atoms with Crippen LogP contribution in [-0.4, -0.2) is 21.8 Å². The van der Waals surface area contributed by atoms with Crippen LogP contribution in [0.5, 0.6) is 5.75 Å². The lowest BCUT2D eigenvalue weighted by atomic mass is 10.2. The van der Waals surface area contributed by atoms with Crippen LogP contribution in [0.15, 0.2) is 24.3 Å². The Bertz CT molecular complexity index is 582. The largest absolute Gasteiger partial charge is 0.573 e. The van der Waals surface area contributed by atoms with E-state index >= 15 is 0 Å². The van der Waals surface area contributed by atoms with E-state index in [1.54, 1.807) is 0 Å². The lowest BCUT2D eigenvalue weighted by molar-refractivity contribution is -0.274. The van der Waals surface area contributed by atoms with Crippen LogP contribution in [-0.2, 0) is 11.3 Å². The van der Waals surface area contributed by atoms with Crippen LogP contribution < -0.4 is 4.74 Å². The number of hydrogen-bond acceptors (Lipinski definition) is 5. The molecule has 0 saturated carbocycles. The number of rotatable bonds is 5. The fraction of sp³-hybridized carbons (Fsp3) is 0.385. The zero-order chi connectivity index (χ0) is 15.5. The van der Waals surface area contributed by atoms with Gasteiger partial charge >= 0.3 is 6.36 Å². The monoisotopic (exact) mass is 318 g/mol. The summed E-state index contributed by atoms with van der Waals surface area (Å²) in [5.41, 5.74) is 0.622. The molecular weight excluding hydrogens is 305 g/mol. The molecule has 0 bridgehead atoms. The van der Waals surface area contributed by atoms with E-state index in [4.69, 9.17) is 4.74 Å². The van der Waals surface area contributed by atoms with Crippen molar-refractivity contribution in [3.63, 3.8) is 0 Å². The SMILES string of the molecule is CC(C)OCc1nc(-c2ccc(OC(F)(F)F)cc2)ns1. The van der Waals surface area contributed by atoms with Gasteiger partial charge in [-0.1, -0.05) is 0 Å². The van der Waals surface area contributed by atoms with Crippen molar-refractivity contribution in [2.45, 2.75) is 32.9 Å². The van der Waals surface area contributed by atoms with Gasteiger partial charge in [0.05, 0.1) is 6.10 Å². The molecule has 0 saturated heterocycles. The predicted molar refractivity (Wildman–Crippen MR) is 72.0 cm³/mol. The molecule has 2 aromatic rings. The molecule has 1 aromatic carbocycles. The lowest BCUT2D eigenvalue weighted by Gasteiger charge is -2.08. The van der Waals surface area contributed by atoms with Crippen LogP contribution in [0.4, 0.5) is 13.2 Å². The van der Waals surface area contributed by atoms with Gasteiger partial charge in [0.25, 0.3) is 0 Å². The van der Waals surface area contributed by atoms with Gasteiger partial charge in [0.1, 0.15) is 17.4 Å². The summed E-state index contributed by atoms with van der Waals surface area (Å²) in [4.78, 5) is 4.28. The highest BCUT2D eigenvalue weighted by Gasteiger charge is 2.31. The van der Waals surface area contributed by atoms with E-state index in [0.29, 0.717) is 23.0 Å². The summed E-state index contributed by atoms with van der Waals surface area (Å²) in [5.74, 6) is 0.186. The van der Waals surface area contributed by atoms with Crippen LogP contribution in [0.25, 0.3) is 11.4 Å². The van der Waals surface area contributed by atoms with Gasteiger partial charge in [-0.05, 0) is 49.6 Å². The van der Waals surface area contributed by atoms with Gasteiger partial charge in [0, 0.05) is 5.56 Å². The summed E-state index contributed by atoms with van der Waals surface area (Å²) in [6.07, 6.45) is -4.60. The molecule has 4 nitrogen and oxygen atoms in total. The average Bonchev–Trinajstić information content (AvgIpc) is 2.84. The number of halogens is 3. The molecule has 0 unspecified atom stereocenters. The molecule has 1 heterocycles. The highest BCUT2D eigenvalue weighted by atomic mass is 32.1. The fourth-order valence-electron chi connectivity index (χ4n) is 1.47. The Morgan fingerprint density at radius 3 is 2.43 bits per heavy atom. The second kappa shape index (κ2) is 6.40. The normalized spacial score (nSPS) is 11.9. The first-order valence-electron chi connectivity index (χ1n) is 6.14. The molecule has 0 spiro atoms. The summed E-state index contributed by atoms with van der Waals surface area (Å²) >= 11 is 1.20. The second-order valence-electron chi connectivity index (χ2n) is 4.44. The Labute approximate surface area is 123 Å². The predicted octanol–water partition coefficient (Wildman–Crippen LogP) is 4.03. The van der Waals surface area contributed by atoms with E-state index in [1.807, 2.05) is 13.8 Å². The topological polar surface area (TPSA) is 44.2 Å². The first-order chi connectivity index (χ1) is 9.83. The zero-order valence-electron chi connectivity index (χ0n) is 11.3. The van der Waals surface area contributed by atoms with Gasteiger partial charge in [0.2, 0.25) is 0 Å². The summed E-state index contributed by atoms with van der Waals surface area (Å²) in [7, 11) is 0. The molecule has 1 aromatic heterocycles. The van der Waals surface area contributed by atoms with E-state index in [2.05, 4.69) is 14.1 Å². The van der Waals surface area contributed by atoms with Gasteiger partial charge in [-0.2, -0.15) is 4.37 Å². The van der Waals surface area contributed by atoms with Crippen molar-refractivity contribution in [2.75, 3.05) is 0 Å². The number of nitrogens with zero attached hydrogens (tertiary/aromatic N) is 2. The standard InChI is InChI=1S/C13H13F3N2O2S/c1-8(2)19-7-11-17-12(18-21-11)9-3-5-10(6-4-9)20-13(14,15)16/h3-6,8H,7H2,1-2H3. The maximum atomic E-state index is 12.1. The number of alkyl halides is 3. The van der Waals surface area contributed by atoms with Crippen LogP contribution in [0.1, 0.15) is 18.9 Å². The van der Waals surface area contributed by atoms with Crippen molar-refractivity contribution in [1.82, 2.24) is 9.36 Å². The summed E-state index contributed by atoms with van der Waals surface area (Å²) in [6, 6.07) is 5.43. The highest BCUT2D eigenvalue weighted by molar-refractivity contribution is 7.05. The van der Waals surface area contributed by atoms with Gasteiger partial charge in [-0.3, -0.25) is 0 Å². The molecule has 8 heteroatoms. The van der Waals surface area contributed by atoms with Crippen molar-refractivity contribution in [3.8, 4) is 17.1 Å². The number of hydrogen-bond donors (Lipinski definition) is 0. The molecule has 0 aliphatic carbocycles. The Hall–Kier alpha value is -1.67. The molecule has 0 aliphatic rings. The minimum Gasteiger partial charge on any atom is -0.406 e. The zero-order valence-corrected chi connectivity index (χ0v) is 12.2. The average molecular weight is 318 g/mol. The van der Waals surface area contributed by atoms with Crippen molar-refractivity contribution < 1.29 is 22.6 Å². The Kier molecular flexibility index (Phi) is 4.79. The summed E-state index contributed by atoms with van der Waals surface area (Å²) in [5, 5.41) is 0.717. The van der Waals surface area contributed by atoms with Crippen molar-refractivity contribution in [1.29, 1.82) is 0 Å². The van der Waals surface area contributed by atoms with Gasteiger partial charge < -0.3 is 9.47 Å². The third kappa shape index (κ3) is 4.98. The molecule has 0 N–H and O–H groups in total. The molecule has 114 valence electrons. The molecule has 2 rings (SSSR count). The molecular formula is C13H13F3N2O2S. The van der Waals surface area contributed by atoms with Gasteiger partial charge in [-0.15, -0.1) is 13.2 Å². The lowest BCUT2D eigenvalue weighted by Crippen LogP contribution is -2.16. The number of benzene rings is 1. The van der Waals surface area contributed by atoms with Gasteiger partial charge in [0.15, 0.2) is 5.82 Å². The van der Waals surface area contributed by atoms with Crippen LogP contribution >= 0.6 is 11.5 Å². The maximum Gasteiger partial charge on any atom is 0.573 e. The highest BCUT2D eigenvalue weighted by Crippen LogP contribution is 2.26. The Morgan fingerprint density at radius 1 is 1.19 bits per heavy atom. The van der Waals surface area contributed by atoms with E-state index in [1.165, 1.54) is 35.8 Å². The van der Waals surface area contributed by atoms with E-state index in [-0.39, 0.29) is 11.9 Å². The van der Waals surface area contributed by atoms with Crippen molar-refractivity contribution in [3.05, 3.63) is 29.3 Å². The maximum absolute atomic E-state index is 12.1. The summed E-state index contributed by atoms with van der Waals surface area (Å²) < 4.78 is 49.6. The molecule has 0 aliphatic heterocycles. The fourth-order valence-corrected chi connectivity index (χ4v) is 2.06. The molecule has 0 radical (unpaired) electrons. The van der Waals surface area contributed by atoms with Crippen molar-refractivity contribution >= 4 is 11.5 Å². The minimum absolute atomic E-state index is 0.0937. The smallest absolute Gasteiger partial charge is 0.406 e. The summed E-state index contributed by atoms with van der Waals surface area (Å²) in [6.45, 7) is 4.20. The quantitative estimate of drug-likeness (QED) is 0.835. The molecule has 0 atom stereocenters. The second-order valence-corrected chi connectivity index (χ2v) is 5.28.